The molecule has 0 aliphatic heterocycles. The van der Waals surface area contributed by atoms with Crippen molar-refractivity contribution in [1.29, 1.82) is 0 Å². The summed E-state index contributed by atoms with van der Waals surface area (Å²) in [6, 6.07) is 0.746. The molecule has 2 saturated carbocycles. The van der Waals surface area contributed by atoms with Crippen LogP contribution in [-0.4, -0.2) is 41.5 Å². The van der Waals surface area contributed by atoms with Crippen LogP contribution in [0, 0.1) is 5.41 Å². The minimum absolute atomic E-state index is 0.0524. The topological polar surface area (TPSA) is 58.4 Å². The first-order valence-electron chi connectivity index (χ1n) is 7.92. The number of likely N-dealkylation sites (N-methyl/N-ethyl adjacent to an activating group) is 1. The SMILES string of the molecule is CCN(CCNC(=O)C1(C(N)=S)CCCCC1)C1CC1. The first kappa shape index (κ1) is 15.7. The minimum atomic E-state index is -0.579. The van der Waals surface area contributed by atoms with Gasteiger partial charge in [-0.25, -0.2) is 0 Å². The largest absolute Gasteiger partial charge is 0.392 e. The van der Waals surface area contributed by atoms with Gasteiger partial charge in [0.1, 0.15) is 0 Å². The second-order valence-electron chi connectivity index (χ2n) is 6.12. The van der Waals surface area contributed by atoms with E-state index in [-0.39, 0.29) is 5.91 Å². The number of hydrogen-bond acceptors (Lipinski definition) is 3. The fourth-order valence-corrected chi connectivity index (χ4v) is 3.56. The summed E-state index contributed by atoms with van der Waals surface area (Å²) in [5.74, 6) is 0.0524. The van der Waals surface area contributed by atoms with Crippen LogP contribution in [0.5, 0.6) is 0 Å². The van der Waals surface area contributed by atoms with Crippen molar-refractivity contribution in [3.05, 3.63) is 0 Å². The zero-order chi connectivity index (χ0) is 14.6. The molecule has 3 N–H and O–H groups in total. The first-order chi connectivity index (χ1) is 9.60. The van der Waals surface area contributed by atoms with Gasteiger partial charge in [-0.15, -0.1) is 0 Å². The van der Waals surface area contributed by atoms with Crippen LogP contribution in [0.1, 0.15) is 51.9 Å². The predicted molar refractivity (Wildman–Crippen MR) is 85.6 cm³/mol. The third-order valence-corrected chi connectivity index (χ3v) is 5.16. The highest BCUT2D eigenvalue weighted by molar-refractivity contribution is 7.80. The average Bonchev–Trinajstić information content (AvgIpc) is 3.28. The molecule has 0 atom stereocenters. The van der Waals surface area contributed by atoms with Gasteiger partial charge in [0.2, 0.25) is 5.91 Å². The molecule has 2 aliphatic rings. The van der Waals surface area contributed by atoms with Crippen LogP contribution in [0.25, 0.3) is 0 Å². The number of carbonyl (C=O) groups is 1. The molecule has 1 amide bonds. The molecule has 2 aliphatic carbocycles. The van der Waals surface area contributed by atoms with E-state index in [4.69, 9.17) is 18.0 Å². The second-order valence-corrected chi connectivity index (χ2v) is 6.56. The van der Waals surface area contributed by atoms with Gasteiger partial charge in [0, 0.05) is 19.1 Å². The van der Waals surface area contributed by atoms with Gasteiger partial charge in [0.25, 0.3) is 0 Å². The molecule has 5 heteroatoms. The van der Waals surface area contributed by atoms with Crippen molar-refractivity contribution < 1.29 is 4.79 Å². The highest BCUT2D eigenvalue weighted by atomic mass is 32.1. The smallest absolute Gasteiger partial charge is 0.233 e. The van der Waals surface area contributed by atoms with Gasteiger partial charge >= 0.3 is 0 Å². The average molecular weight is 297 g/mol. The molecule has 0 radical (unpaired) electrons. The summed E-state index contributed by atoms with van der Waals surface area (Å²) in [7, 11) is 0. The molecule has 2 rings (SSSR count). The van der Waals surface area contributed by atoms with Gasteiger partial charge in [-0.3, -0.25) is 9.69 Å². The van der Waals surface area contributed by atoms with Crippen LogP contribution < -0.4 is 11.1 Å². The third-order valence-electron chi connectivity index (χ3n) is 4.77. The number of hydrogen-bond donors (Lipinski definition) is 2. The lowest BCUT2D eigenvalue weighted by Crippen LogP contribution is -2.51. The van der Waals surface area contributed by atoms with Gasteiger partial charge in [0.15, 0.2) is 0 Å². The summed E-state index contributed by atoms with van der Waals surface area (Å²) < 4.78 is 0. The molecule has 0 aromatic rings. The van der Waals surface area contributed by atoms with E-state index in [1.165, 1.54) is 19.3 Å². The fraction of sp³-hybridized carbons (Fsp3) is 0.867. The van der Waals surface area contributed by atoms with Gasteiger partial charge < -0.3 is 11.1 Å². The van der Waals surface area contributed by atoms with Crippen molar-refractivity contribution in [3.63, 3.8) is 0 Å². The number of carbonyl (C=O) groups excluding carboxylic acids is 1. The normalized spacial score (nSPS) is 21.7. The summed E-state index contributed by atoms with van der Waals surface area (Å²) in [6.45, 7) is 4.87. The van der Waals surface area contributed by atoms with Crippen LogP contribution in [0.15, 0.2) is 0 Å². The number of nitrogens with zero attached hydrogens (tertiary/aromatic N) is 1. The van der Waals surface area contributed by atoms with Gasteiger partial charge in [-0.05, 0) is 32.2 Å². The molecule has 2 fully saturated rings. The molecular weight excluding hydrogens is 270 g/mol. The summed E-state index contributed by atoms with van der Waals surface area (Å²) in [4.78, 5) is 15.3. The van der Waals surface area contributed by atoms with Gasteiger partial charge in [-0.2, -0.15) is 0 Å². The molecule has 114 valence electrons. The van der Waals surface area contributed by atoms with Gasteiger partial charge in [0.05, 0.1) is 10.4 Å². The number of nitrogens with one attached hydrogen (secondary N) is 1. The van der Waals surface area contributed by atoms with Crippen molar-refractivity contribution in [3.8, 4) is 0 Å². The second kappa shape index (κ2) is 6.85. The first-order valence-corrected chi connectivity index (χ1v) is 8.33. The Morgan fingerprint density at radius 2 is 2.00 bits per heavy atom. The molecule has 20 heavy (non-hydrogen) atoms. The Kier molecular flexibility index (Phi) is 5.38. The Labute approximate surface area is 127 Å². The standard InChI is InChI=1S/C15H27N3OS/c1-2-18(12-6-7-12)11-10-17-14(19)15(13(16)20)8-4-3-5-9-15/h12H,2-11H2,1H3,(H2,16,20)(H,17,19). The maximum atomic E-state index is 12.5. The summed E-state index contributed by atoms with van der Waals surface area (Å²) >= 11 is 5.19. The molecule has 0 aromatic heterocycles. The molecular formula is C15H27N3OS. The summed E-state index contributed by atoms with van der Waals surface area (Å²) in [6.07, 6.45) is 7.52. The Bertz CT molecular complexity index is 362. The van der Waals surface area contributed by atoms with Crippen LogP contribution in [0.3, 0.4) is 0 Å². The third kappa shape index (κ3) is 3.50. The van der Waals surface area contributed by atoms with E-state index in [1.54, 1.807) is 0 Å². The molecule has 0 saturated heterocycles. The maximum absolute atomic E-state index is 12.5. The van der Waals surface area contributed by atoms with Gasteiger partial charge in [-0.1, -0.05) is 38.4 Å². The number of nitrogens with two attached hydrogens (primary N) is 1. The lowest BCUT2D eigenvalue weighted by atomic mass is 9.73. The lowest BCUT2D eigenvalue weighted by Gasteiger charge is -2.35. The lowest BCUT2D eigenvalue weighted by molar-refractivity contribution is -0.128. The summed E-state index contributed by atoms with van der Waals surface area (Å²) in [5, 5.41) is 3.07. The van der Waals surface area contributed by atoms with Crippen LogP contribution in [0.4, 0.5) is 0 Å². The number of thiocarbonyl (C=S) groups is 1. The van der Waals surface area contributed by atoms with E-state index in [2.05, 4.69) is 17.1 Å². The van der Waals surface area contributed by atoms with E-state index >= 15 is 0 Å². The predicted octanol–water partition coefficient (Wildman–Crippen LogP) is 1.82. The van der Waals surface area contributed by atoms with E-state index in [9.17, 15) is 4.79 Å². The Hall–Kier alpha value is -0.680. The molecule has 4 nitrogen and oxygen atoms in total. The van der Waals surface area contributed by atoms with Crippen molar-refractivity contribution in [2.75, 3.05) is 19.6 Å². The number of rotatable bonds is 7. The van der Waals surface area contributed by atoms with E-state index in [0.29, 0.717) is 11.5 Å². The highest BCUT2D eigenvalue weighted by Gasteiger charge is 2.42. The molecule has 0 bridgehead atoms. The fourth-order valence-electron chi connectivity index (χ4n) is 3.26. The monoisotopic (exact) mass is 297 g/mol. The van der Waals surface area contributed by atoms with E-state index < -0.39 is 5.41 Å². The molecule has 0 aromatic carbocycles. The zero-order valence-corrected chi connectivity index (χ0v) is 13.3. The Balaban J connectivity index is 1.83. The van der Waals surface area contributed by atoms with E-state index in [0.717, 1.165) is 44.8 Å². The van der Waals surface area contributed by atoms with Crippen molar-refractivity contribution >= 4 is 23.1 Å². The maximum Gasteiger partial charge on any atom is 0.233 e. The molecule has 0 unspecified atom stereocenters. The Morgan fingerprint density at radius 3 is 2.50 bits per heavy atom. The van der Waals surface area contributed by atoms with Crippen molar-refractivity contribution in [1.82, 2.24) is 10.2 Å². The minimum Gasteiger partial charge on any atom is -0.392 e. The zero-order valence-electron chi connectivity index (χ0n) is 12.5. The molecule has 0 spiro atoms. The molecule has 0 heterocycles. The van der Waals surface area contributed by atoms with Crippen molar-refractivity contribution in [2.24, 2.45) is 11.1 Å². The van der Waals surface area contributed by atoms with Crippen LogP contribution >= 0.6 is 12.2 Å². The number of amides is 1. The van der Waals surface area contributed by atoms with Crippen molar-refractivity contribution in [2.45, 2.75) is 57.9 Å². The van der Waals surface area contributed by atoms with E-state index in [1.807, 2.05) is 0 Å². The quantitative estimate of drug-likeness (QED) is 0.704. The van der Waals surface area contributed by atoms with Crippen LogP contribution in [-0.2, 0) is 4.79 Å². The van der Waals surface area contributed by atoms with Crippen LogP contribution in [0.2, 0.25) is 0 Å². The highest BCUT2D eigenvalue weighted by Crippen LogP contribution is 2.37. The summed E-state index contributed by atoms with van der Waals surface area (Å²) in [5.41, 5.74) is 5.30. The Morgan fingerprint density at radius 1 is 1.35 bits per heavy atom.